The third kappa shape index (κ3) is 2.69. The predicted octanol–water partition coefficient (Wildman–Crippen LogP) is 4.32. The summed E-state index contributed by atoms with van der Waals surface area (Å²) in [6.45, 7) is 4.34. The Morgan fingerprint density at radius 3 is 2.62 bits per heavy atom. The van der Waals surface area contributed by atoms with Crippen LogP contribution in [0.2, 0.25) is 10.0 Å². The maximum Gasteiger partial charge on any atom is 0.0480 e. The molecule has 0 fully saturated rings. The molecule has 0 aromatic heterocycles. The van der Waals surface area contributed by atoms with Crippen LogP contribution in [0.4, 0.5) is 0 Å². The van der Waals surface area contributed by atoms with E-state index in [4.69, 9.17) is 28.9 Å². The Morgan fingerprint density at radius 1 is 1.14 bits per heavy atom. The van der Waals surface area contributed by atoms with Crippen LogP contribution < -0.4 is 5.73 Å². The van der Waals surface area contributed by atoms with Gasteiger partial charge in [0.05, 0.1) is 0 Å². The van der Waals surface area contributed by atoms with Crippen molar-refractivity contribution >= 4 is 23.2 Å². The monoisotopic (exact) mass is 320 g/mol. The average Bonchev–Trinajstić information content (AvgIpc) is 2.83. The van der Waals surface area contributed by atoms with Gasteiger partial charge in [0.25, 0.3) is 0 Å². The summed E-state index contributed by atoms with van der Waals surface area (Å²) >= 11 is 12.5. The number of halogens is 2. The van der Waals surface area contributed by atoms with Crippen molar-refractivity contribution < 1.29 is 0 Å². The van der Waals surface area contributed by atoms with Gasteiger partial charge in [-0.2, -0.15) is 0 Å². The van der Waals surface area contributed by atoms with Gasteiger partial charge in [-0.25, -0.2) is 0 Å². The lowest BCUT2D eigenvalue weighted by Gasteiger charge is -2.24. The van der Waals surface area contributed by atoms with Crippen molar-refractivity contribution in [1.82, 2.24) is 4.90 Å². The van der Waals surface area contributed by atoms with E-state index in [2.05, 4.69) is 24.0 Å². The third-order valence-electron chi connectivity index (χ3n) is 4.28. The molecule has 110 valence electrons. The molecule has 1 heterocycles. The second-order valence-electron chi connectivity index (χ2n) is 5.49. The van der Waals surface area contributed by atoms with Crippen molar-refractivity contribution in [1.29, 1.82) is 0 Å². The van der Waals surface area contributed by atoms with E-state index < -0.39 is 0 Å². The van der Waals surface area contributed by atoms with Crippen molar-refractivity contribution in [2.24, 2.45) is 5.73 Å². The molecule has 0 bridgehead atoms. The summed E-state index contributed by atoms with van der Waals surface area (Å²) in [4.78, 5) is 2.37. The summed E-state index contributed by atoms with van der Waals surface area (Å²) in [6.07, 6.45) is 0. The first-order valence-electron chi connectivity index (χ1n) is 7.07. The lowest BCUT2D eigenvalue weighted by Crippen LogP contribution is -2.27. The highest BCUT2D eigenvalue weighted by Gasteiger charge is 2.30. The minimum atomic E-state index is 0.229. The van der Waals surface area contributed by atoms with E-state index in [1.54, 1.807) is 0 Å². The zero-order chi connectivity index (χ0) is 15.0. The van der Waals surface area contributed by atoms with Crippen LogP contribution in [0.5, 0.6) is 0 Å². The van der Waals surface area contributed by atoms with E-state index in [-0.39, 0.29) is 6.04 Å². The van der Waals surface area contributed by atoms with Crippen LogP contribution in [0.3, 0.4) is 0 Å². The van der Waals surface area contributed by atoms with Crippen LogP contribution in [-0.4, -0.2) is 11.4 Å². The molecule has 4 heteroatoms. The fourth-order valence-corrected chi connectivity index (χ4v) is 3.44. The lowest BCUT2D eigenvalue weighted by atomic mass is 10.0. The zero-order valence-electron chi connectivity index (χ0n) is 11.9. The standard InChI is InChI=1S/C17H18Cl2N2/c1-11-14-10-21(9-12-4-2-3-5-16(12)19)17(8-20)13(14)6-7-15(11)18/h2-7,17H,8-10,20H2,1H3. The van der Waals surface area contributed by atoms with Crippen LogP contribution in [0.25, 0.3) is 0 Å². The van der Waals surface area contributed by atoms with Gasteiger partial charge in [0.1, 0.15) is 0 Å². The van der Waals surface area contributed by atoms with Crippen molar-refractivity contribution in [3.8, 4) is 0 Å². The number of hydrogen-bond donors (Lipinski definition) is 1. The molecule has 2 aromatic carbocycles. The van der Waals surface area contributed by atoms with Crippen LogP contribution >= 0.6 is 23.2 Å². The van der Waals surface area contributed by atoms with E-state index in [0.717, 1.165) is 34.3 Å². The molecular weight excluding hydrogens is 303 g/mol. The Bertz CT molecular complexity index is 670. The molecular formula is C17H18Cl2N2. The molecule has 0 radical (unpaired) electrons. The SMILES string of the molecule is Cc1c(Cl)ccc2c1CN(Cc1ccccc1Cl)C2CN. The highest BCUT2D eigenvalue weighted by atomic mass is 35.5. The van der Waals surface area contributed by atoms with Crippen molar-refractivity contribution in [2.75, 3.05) is 6.54 Å². The van der Waals surface area contributed by atoms with Crippen LogP contribution in [0.15, 0.2) is 36.4 Å². The van der Waals surface area contributed by atoms with Gasteiger partial charge in [-0.05, 0) is 41.3 Å². The van der Waals surface area contributed by atoms with E-state index >= 15 is 0 Å². The minimum absolute atomic E-state index is 0.229. The number of rotatable bonds is 3. The average molecular weight is 321 g/mol. The molecule has 2 aromatic rings. The summed E-state index contributed by atoms with van der Waals surface area (Å²) in [7, 11) is 0. The Balaban J connectivity index is 1.92. The van der Waals surface area contributed by atoms with Crippen molar-refractivity contribution in [3.63, 3.8) is 0 Å². The summed E-state index contributed by atoms with van der Waals surface area (Å²) in [5.74, 6) is 0. The largest absolute Gasteiger partial charge is 0.329 e. The van der Waals surface area contributed by atoms with E-state index in [1.165, 1.54) is 11.1 Å². The quantitative estimate of drug-likeness (QED) is 0.912. The fourth-order valence-electron chi connectivity index (χ4n) is 3.07. The molecule has 1 unspecified atom stereocenters. The van der Waals surface area contributed by atoms with Gasteiger partial charge < -0.3 is 5.73 Å². The van der Waals surface area contributed by atoms with Crippen molar-refractivity contribution in [2.45, 2.75) is 26.1 Å². The van der Waals surface area contributed by atoms with E-state index in [1.807, 2.05) is 24.3 Å². The number of nitrogens with two attached hydrogens (primary N) is 1. The van der Waals surface area contributed by atoms with Gasteiger partial charge in [-0.3, -0.25) is 4.90 Å². The Hall–Kier alpha value is -1.06. The molecule has 0 aliphatic carbocycles. The number of hydrogen-bond acceptors (Lipinski definition) is 2. The molecule has 21 heavy (non-hydrogen) atoms. The first kappa shape index (κ1) is 14.9. The normalized spacial score (nSPS) is 18.0. The number of benzene rings is 2. The topological polar surface area (TPSA) is 29.3 Å². The van der Waals surface area contributed by atoms with Gasteiger partial charge in [-0.1, -0.05) is 47.5 Å². The van der Waals surface area contributed by atoms with Crippen LogP contribution in [0, 0.1) is 6.92 Å². The van der Waals surface area contributed by atoms with Gasteiger partial charge in [0.2, 0.25) is 0 Å². The maximum absolute atomic E-state index is 6.28. The van der Waals surface area contributed by atoms with Crippen molar-refractivity contribution in [3.05, 3.63) is 68.7 Å². The minimum Gasteiger partial charge on any atom is -0.329 e. The lowest BCUT2D eigenvalue weighted by molar-refractivity contribution is 0.211. The number of fused-ring (bicyclic) bond motifs is 1. The van der Waals surface area contributed by atoms with Crippen LogP contribution in [-0.2, 0) is 13.1 Å². The molecule has 1 atom stereocenters. The molecule has 1 aliphatic heterocycles. The second-order valence-corrected chi connectivity index (χ2v) is 6.30. The molecule has 0 saturated heterocycles. The Labute approximate surface area is 135 Å². The van der Waals surface area contributed by atoms with Crippen LogP contribution in [0.1, 0.15) is 28.3 Å². The van der Waals surface area contributed by atoms with E-state index in [0.29, 0.717) is 6.54 Å². The highest BCUT2D eigenvalue weighted by molar-refractivity contribution is 6.31. The molecule has 0 amide bonds. The summed E-state index contributed by atoms with van der Waals surface area (Å²) in [5.41, 5.74) is 10.9. The fraction of sp³-hybridized carbons (Fsp3) is 0.294. The zero-order valence-corrected chi connectivity index (χ0v) is 13.5. The van der Waals surface area contributed by atoms with Gasteiger partial charge in [0.15, 0.2) is 0 Å². The second kappa shape index (κ2) is 5.98. The molecule has 2 N–H and O–H groups in total. The third-order valence-corrected chi connectivity index (χ3v) is 5.06. The van der Waals surface area contributed by atoms with E-state index in [9.17, 15) is 0 Å². The Morgan fingerprint density at radius 2 is 1.90 bits per heavy atom. The predicted molar refractivity (Wildman–Crippen MR) is 88.7 cm³/mol. The van der Waals surface area contributed by atoms with Gasteiger partial charge >= 0.3 is 0 Å². The molecule has 0 saturated carbocycles. The molecule has 1 aliphatic rings. The number of nitrogens with zero attached hydrogens (tertiary/aromatic N) is 1. The van der Waals surface area contributed by atoms with Gasteiger partial charge in [-0.15, -0.1) is 0 Å². The first-order chi connectivity index (χ1) is 10.1. The summed E-state index contributed by atoms with van der Waals surface area (Å²) in [6, 6.07) is 12.3. The smallest absolute Gasteiger partial charge is 0.0480 e. The summed E-state index contributed by atoms with van der Waals surface area (Å²) < 4.78 is 0. The Kier molecular flexibility index (Phi) is 4.23. The highest BCUT2D eigenvalue weighted by Crippen LogP contribution is 2.38. The maximum atomic E-state index is 6.28. The van der Waals surface area contributed by atoms with Gasteiger partial charge in [0, 0.05) is 35.7 Å². The molecule has 3 rings (SSSR count). The first-order valence-corrected chi connectivity index (χ1v) is 7.82. The molecule has 2 nitrogen and oxygen atoms in total. The molecule has 0 spiro atoms. The summed E-state index contributed by atoms with van der Waals surface area (Å²) in [5, 5.41) is 1.63.